The number of hydrogen-bond acceptors (Lipinski definition) is 1. The first-order chi connectivity index (χ1) is 8.52. The van der Waals surface area contributed by atoms with Crippen LogP contribution in [0.25, 0.3) is 0 Å². The van der Waals surface area contributed by atoms with Gasteiger partial charge in [-0.2, -0.15) is 0 Å². The molecule has 1 aromatic carbocycles. The minimum absolute atomic E-state index is 0.0803. The number of rotatable bonds is 4. The smallest absolute Gasteiger partial charge is 0.188 e. The van der Waals surface area contributed by atoms with Gasteiger partial charge in [-0.15, -0.1) is 0 Å². The third-order valence-corrected chi connectivity index (χ3v) is 3.30. The second-order valence-corrected chi connectivity index (χ2v) is 5.29. The molecule has 18 heavy (non-hydrogen) atoms. The SMILES string of the molecule is CC(C)NC(N)=NCC1(c2ccc(F)cc2)CC1. The van der Waals surface area contributed by atoms with E-state index in [4.69, 9.17) is 5.73 Å². The van der Waals surface area contributed by atoms with Gasteiger partial charge in [-0.05, 0) is 44.4 Å². The number of nitrogens with one attached hydrogen (secondary N) is 1. The summed E-state index contributed by atoms with van der Waals surface area (Å²) in [5.74, 6) is 0.289. The minimum Gasteiger partial charge on any atom is -0.370 e. The fourth-order valence-corrected chi connectivity index (χ4v) is 2.07. The van der Waals surface area contributed by atoms with Crippen LogP contribution < -0.4 is 11.1 Å². The Kier molecular flexibility index (Phi) is 3.55. The van der Waals surface area contributed by atoms with Crippen LogP contribution in [0, 0.1) is 5.82 Å². The molecular formula is C14H20FN3. The zero-order valence-electron chi connectivity index (χ0n) is 10.9. The third kappa shape index (κ3) is 3.00. The maximum Gasteiger partial charge on any atom is 0.188 e. The molecule has 1 aliphatic rings. The van der Waals surface area contributed by atoms with Gasteiger partial charge >= 0.3 is 0 Å². The number of benzene rings is 1. The van der Waals surface area contributed by atoms with Crippen molar-refractivity contribution >= 4 is 5.96 Å². The number of aliphatic imine (C=N–C) groups is 1. The van der Waals surface area contributed by atoms with Crippen molar-refractivity contribution < 1.29 is 4.39 Å². The Morgan fingerprint density at radius 2 is 2.00 bits per heavy atom. The topological polar surface area (TPSA) is 50.4 Å². The lowest BCUT2D eigenvalue weighted by Gasteiger charge is -2.14. The fourth-order valence-electron chi connectivity index (χ4n) is 2.07. The van der Waals surface area contributed by atoms with Crippen LogP contribution in [0.3, 0.4) is 0 Å². The Balaban J connectivity index is 2.02. The van der Waals surface area contributed by atoms with Gasteiger partial charge in [-0.3, -0.25) is 4.99 Å². The van der Waals surface area contributed by atoms with E-state index in [1.54, 1.807) is 0 Å². The van der Waals surface area contributed by atoms with Crippen LogP contribution in [-0.2, 0) is 5.41 Å². The van der Waals surface area contributed by atoms with Gasteiger partial charge in [0.2, 0.25) is 0 Å². The molecule has 1 aromatic rings. The normalized spacial score (nSPS) is 17.9. The van der Waals surface area contributed by atoms with E-state index in [-0.39, 0.29) is 17.3 Å². The standard InChI is InChI=1S/C14H20FN3/c1-10(2)18-13(16)17-9-14(7-8-14)11-3-5-12(15)6-4-11/h3-6,10H,7-9H2,1-2H3,(H3,16,17,18). The van der Waals surface area contributed by atoms with Crippen LogP contribution in [0.15, 0.2) is 29.3 Å². The van der Waals surface area contributed by atoms with Crippen molar-refractivity contribution in [2.24, 2.45) is 10.7 Å². The number of hydrogen-bond donors (Lipinski definition) is 2. The molecule has 1 saturated carbocycles. The molecule has 3 N–H and O–H groups in total. The van der Waals surface area contributed by atoms with Crippen molar-refractivity contribution in [1.82, 2.24) is 5.32 Å². The molecule has 0 spiro atoms. The Morgan fingerprint density at radius 1 is 1.39 bits per heavy atom. The highest BCUT2D eigenvalue weighted by Crippen LogP contribution is 2.48. The molecular weight excluding hydrogens is 229 g/mol. The molecule has 4 heteroatoms. The molecule has 98 valence electrons. The van der Waals surface area contributed by atoms with E-state index < -0.39 is 0 Å². The fraction of sp³-hybridized carbons (Fsp3) is 0.500. The zero-order chi connectivity index (χ0) is 13.2. The second-order valence-electron chi connectivity index (χ2n) is 5.29. The molecule has 1 aliphatic carbocycles. The van der Waals surface area contributed by atoms with Gasteiger partial charge in [-0.25, -0.2) is 4.39 Å². The maximum atomic E-state index is 12.9. The summed E-state index contributed by atoms with van der Waals surface area (Å²) in [5, 5.41) is 3.07. The van der Waals surface area contributed by atoms with Crippen molar-refractivity contribution in [3.63, 3.8) is 0 Å². The first-order valence-corrected chi connectivity index (χ1v) is 6.34. The summed E-state index contributed by atoms with van der Waals surface area (Å²) < 4.78 is 12.9. The molecule has 0 radical (unpaired) electrons. The molecule has 1 fully saturated rings. The van der Waals surface area contributed by atoms with Crippen LogP contribution in [0.5, 0.6) is 0 Å². The first kappa shape index (κ1) is 12.9. The quantitative estimate of drug-likeness (QED) is 0.634. The highest BCUT2D eigenvalue weighted by atomic mass is 19.1. The minimum atomic E-state index is -0.195. The van der Waals surface area contributed by atoms with E-state index in [2.05, 4.69) is 10.3 Å². The highest BCUT2D eigenvalue weighted by molar-refractivity contribution is 5.78. The van der Waals surface area contributed by atoms with E-state index in [0.717, 1.165) is 18.4 Å². The molecule has 0 aromatic heterocycles. The molecule has 0 aliphatic heterocycles. The number of guanidine groups is 1. The molecule has 3 nitrogen and oxygen atoms in total. The molecule has 0 bridgehead atoms. The lowest BCUT2D eigenvalue weighted by atomic mass is 9.96. The van der Waals surface area contributed by atoms with E-state index >= 15 is 0 Å². The summed E-state index contributed by atoms with van der Waals surface area (Å²) in [6, 6.07) is 7.01. The van der Waals surface area contributed by atoms with Crippen molar-refractivity contribution in [3.05, 3.63) is 35.6 Å². The summed E-state index contributed by atoms with van der Waals surface area (Å²) >= 11 is 0. The number of halogens is 1. The van der Waals surface area contributed by atoms with Crippen molar-refractivity contribution in [1.29, 1.82) is 0 Å². The van der Waals surface area contributed by atoms with Crippen LogP contribution in [0.2, 0.25) is 0 Å². The summed E-state index contributed by atoms with van der Waals surface area (Å²) in [6.45, 7) is 4.72. The van der Waals surface area contributed by atoms with Crippen LogP contribution in [0.1, 0.15) is 32.3 Å². The van der Waals surface area contributed by atoms with E-state index in [9.17, 15) is 4.39 Å². The van der Waals surface area contributed by atoms with Crippen LogP contribution in [-0.4, -0.2) is 18.5 Å². The summed E-state index contributed by atoms with van der Waals surface area (Å²) in [4.78, 5) is 4.39. The van der Waals surface area contributed by atoms with Gasteiger partial charge in [0.1, 0.15) is 5.82 Å². The molecule has 2 rings (SSSR count). The summed E-state index contributed by atoms with van der Waals surface area (Å²) in [6.07, 6.45) is 2.19. The molecule has 0 saturated heterocycles. The van der Waals surface area contributed by atoms with Gasteiger partial charge < -0.3 is 11.1 Å². The molecule has 0 amide bonds. The monoisotopic (exact) mass is 249 g/mol. The Morgan fingerprint density at radius 3 is 2.50 bits per heavy atom. The average Bonchev–Trinajstić information content (AvgIpc) is 3.08. The average molecular weight is 249 g/mol. The van der Waals surface area contributed by atoms with Crippen molar-refractivity contribution in [2.75, 3.05) is 6.54 Å². The van der Waals surface area contributed by atoms with Crippen molar-refractivity contribution in [3.8, 4) is 0 Å². The predicted molar refractivity (Wildman–Crippen MR) is 72.1 cm³/mol. The van der Waals surface area contributed by atoms with Crippen molar-refractivity contribution in [2.45, 2.75) is 38.1 Å². The van der Waals surface area contributed by atoms with Gasteiger partial charge in [0, 0.05) is 11.5 Å². The van der Waals surface area contributed by atoms with Gasteiger partial charge in [-0.1, -0.05) is 12.1 Å². The van der Waals surface area contributed by atoms with Gasteiger partial charge in [0.05, 0.1) is 6.54 Å². The molecule has 0 heterocycles. The Labute approximate surface area is 107 Å². The first-order valence-electron chi connectivity index (χ1n) is 6.34. The highest BCUT2D eigenvalue weighted by Gasteiger charge is 2.44. The molecule has 0 atom stereocenters. The van der Waals surface area contributed by atoms with E-state index in [1.807, 2.05) is 26.0 Å². The van der Waals surface area contributed by atoms with Gasteiger partial charge in [0.25, 0.3) is 0 Å². The van der Waals surface area contributed by atoms with Crippen LogP contribution in [0.4, 0.5) is 4.39 Å². The lowest BCUT2D eigenvalue weighted by Crippen LogP contribution is -2.37. The number of nitrogens with two attached hydrogens (primary N) is 1. The van der Waals surface area contributed by atoms with Crippen LogP contribution >= 0.6 is 0 Å². The maximum absolute atomic E-state index is 12.9. The summed E-state index contributed by atoms with van der Waals surface area (Å²) in [5.41, 5.74) is 7.03. The Bertz CT molecular complexity index is 433. The van der Waals surface area contributed by atoms with Gasteiger partial charge in [0.15, 0.2) is 5.96 Å². The van der Waals surface area contributed by atoms with E-state index in [0.29, 0.717) is 12.5 Å². The van der Waals surface area contributed by atoms with E-state index in [1.165, 1.54) is 12.1 Å². The third-order valence-electron chi connectivity index (χ3n) is 3.30. The lowest BCUT2D eigenvalue weighted by molar-refractivity contribution is 0.623. The largest absolute Gasteiger partial charge is 0.370 e. The zero-order valence-corrected chi connectivity index (χ0v) is 10.9. The second kappa shape index (κ2) is 4.96. The molecule has 0 unspecified atom stereocenters. The summed E-state index contributed by atoms with van der Waals surface area (Å²) in [7, 11) is 0. The number of nitrogens with zero attached hydrogens (tertiary/aromatic N) is 1. The Hall–Kier alpha value is -1.58. The predicted octanol–water partition coefficient (Wildman–Crippen LogP) is 2.17.